The van der Waals surface area contributed by atoms with Crippen LogP contribution in [0.5, 0.6) is 5.75 Å². The van der Waals surface area contributed by atoms with E-state index >= 15 is 0 Å². The summed E-state index contributed by atoms with van der Waals surface area (Å²) >= 11 is 3.46. The van der Waals surface area contributed by atoms with E-state index in [1.807, 2.05) is 18.2 Å². The Morgan fingerprint density at radius 1 is 1.16 bits per heavy atom. The number of hydrogen-bond donors (Lipinski definition) is 2. The Balaban J connectivity index is 2.25. The van der Waals surface area contributed by atoms with Crippen LogP contribution in [0.2, 0.25) is 0 Å². The maximum atomic E-state index is 14.3. The Morgan fingerprint density at radius 2 is 1.96 bits per heavy atom. The second kappa shape index (κ2) is 7.54. The SMILES string of the molecule is COc1ccc(Br)cc1-c1[nH]c2c(F)cc(F)cc2c1CCCCN. The average Bonchev–Trinajstić information content (AvgIpc) is 2.94. The molecule has 0 radical (unpaired) electrons. The van der Waals surface area contributed by atoms with Gasteiger partial charge in [0.1, 0.15) is 17.4 Å². The summed E-state index contributed by atoms with van der Waals surface area (Å²) in [6, 6.07) is 7.89. The van der Waals surface area contributed by atoms with Gasteiger partial charge in [-0.2, -0.15) is 0 Å². The molecule has 0 amide bonds. The van der Waals surface area contributed by atoms with E-state index in [1.54, 1.807) is 7.11 Å². The summed E-state index contributed by atoms with van der Waals surface area (Å²) in [6.07, 6.45) is 2.36. The Bertz CT molecular complexity index is 908. The highest BCUT2D eigenvalue weighted by Gasteiger charge is 2.19. The van der Waals surface area contributed by atoms with Crippen LogP contribution in [-0.2, 0) is 6.42 Å². The van der Waals surface area contributed by atoms with E-state index in [0.29, 0.717) is 29.6 Å². The molecule has 3 rings (SSSR count). The van der Waals surface area contributed by atoms with Crippen molar-refractivity contribution in [1.82, 2.24) is 4.98 Å². The summed E-state index contributed by atoms with van der Waals surface area (Å²) in [6.45, 7) is 0.584. The molecular formula is C19H19BrF2N2O. The Morgan fingerprint density at radius 3 is 2.68 bits per heavy atom. The lowest BCUT2D eigenvalue weighted by Crippen LogP contribution is -1.99. The molecule has 0 aliphatic heterocycles. The number of aryl methyl sites for hydroxylation is 1. The molecule has 0 fully saturated rings. The fourth-order valence-corrected chi connectivity index (χ4v) is 3.45. The first-order valence-corrected chi connectivity index (χ1v) is 8.88. The minimum absolute atomic E-state index is 0.307. The zero-order valence-electron chi connectivity index (χ0n) is 13.8. The topological polar surface area (TPSA) is 51.0 Å². The second-order valence-electron chi connectivity index (χ2n) is 5.88. The molecule has 2 aromatic carbocycles. The van der Waals surface area contributed by atoms with Gasteiger partial charge in [-0.3, -0.25) is 0 Å². The zero-order chi connectivity index (χ0) is 18.0. The maximum Gasteiger partial charge on any atom is 0.150 e. The molecule has 3 nitrogen and oxygen atoms in total. The van der Waals surface area contributed by atoms with E-state index in [9.17, 15) is 8.78 Å². The monoisotopic (exact) mass is 408 g/mol. The maximum absolute atomic E-state index is 14.3. The van der Waals surface area contributed by atoms with Crippen molar-refractivity contribution in [1.29, 1.82) is 0 Å². The number of aromatic amines is 1. The van der Waals surface area contributed by atoms with Crippen molar-refractivity contribution in [2.75, 3.05) is 13.7 Å². The lowest BCUT2D eigenvalue weighted by Gasteiger charge is -2.10. The van der Waals surface area contributed by atoms with Gasteiger partial charge in [-0.05, 0) is 55.6 Å². The second-order valence-corrected chi connectivity index (χ2v) is 6.79. The smallest absolute Gasteiger partial charge is 0.150 e. The third kappa shape index (κ3) is 3.55. The number of fused-ring (bicyclic) bond motifs is 1. The third-order valence-corrected chi connectivity index (χ3v) is 4.74. The largest absolute Gasteiger partial charge is 0.496 e. The van der Waals surface area contributed by atoms with E-state index in [2.05, 4.69) is 20.9 Å². The molecule has 0 aliphatic carbocycles. The van der Waals surface area contributed by atoms with E-state index < -0.39 is 11.6 Å². The van der Waals surface area contributed by atoms with Gasteiger partial charge in [0.2, 0.25) is 0 Å². The normalized spacial score (nSPS) is 11.2. The lowest BCUT2D eigenvalue weighted by atomic mass is 9.99. The number of H-pyrrole nitrogens is 1. The molecule has 1 aromatic heterocycles. The van der Waals surface area contributed by atoms with E-state index in [4.69, 9.17) is 10.5 Å². The van der Waals surface area contributed by atoms with Crippen molar-refractivity contribution in [2.45, 2.75) is 19.3 Å². The molecule has 25 heavy (non-hydrogen) atoms. The minimum atomic E-state index is -0.602. The number of benzene rings is 2. The molecule has 6 heteroatoms. The van der Waals surface area contributed by atoms with Crippen LogP contribution in [-0.4, -0.2) is 18.6 Å². The van der Waals surface area contributed by atoms with Gasteiger partial charge in [-0.25, -0.2) is 8.78 Å². The number of methoxy groups -OCH3 is 1. The van der Waals surface area contributed by atoms with Crippen LogP contribution in [0, 0.1) is 11.6 Å². The quantitative estimate of drug-likeness (QED) is 0.553. The number of nitrogens with one attached hydrogen (secondary N) is 1. The summed E-state index contributed by atoms with van der Waals surface area (Å²) in [7, 11) is 1.59. The Hall–Kier alpha value is -1.92. The Labute approximate surface area is 153 Å². The number of hydrogen-bond acceptors (Lipinski definition) is 2. The highest BCUT2D eigenvalue weighted by atomic mass is 79.9. The first-order chi connectivity index (χ1) is 12.0. The predicted molar refractivity (Wildman–Crippen MR) is 99.9 cm³/mol. The van der Waals surface area contributed by atoms with Gasteiger partial charge >= 0.3 is 0 Å². The van der Waals surface area contributed by atoms with Gasteiger partial charge in [-0.1, -0.05) is 15.9 Å². The van der Waals surface area contributed by atoms with E-state index in [1.165, 1.54) is 6.07 Å². The standard InChI is InChI=1S/C19H19BrF2N2O/c1-25-17-6-5-11(20)8-15(17)18-13(4-2-3-7-23)14-9-12(21)10-16(22)19(14)24-18/h5-6,8-10,24H,2-4,7,23H2,1H3. The molecule has 0 saturated heterocycles. The molecule has 3 N–H and O–H groups in total. The zero-order valence-corrected chi connectivity index (χ0v) is 15.4. The van der Waals surface area contributed by atoms with Crippen molar-refractivity contribution < 1.29 is 13.5 Å². The van der Waals surface area contributed by atoms with Crippen LogP contribution < -0.4 is 10.5 Å². The van der Waals surface area contributed by atoms with E-state index in [0.717, 1.165) is 40.2 Å². The summed E-state index contributed by atoms with van der Waals surface area (Å²) in [5.74, 6) is -0.525. The van der Waals surface area contributed by atoms with Crippen LogP contribution in [0.25, 0.3) is 22.2 Å². The van der Waals surface area contributed by atoms with Crippen LogP contribution >= 0.6 is 15.9 Å². The minimum Gasteiger partial charge on any atom is -0.496 e. The van der Waals surface area contributed by atoms with Crippen molar-refractivity contribution in [3.8, 4) is 17.0 Å². The van der Waals surface area contributed by atoms with Crippen LogP contribution in [0.1, 0.15) is 18.4 Å². The first kappa shape index (κ1) is 17.9. The van der Waals surface area contributed by atoms with Gasteiger partial charge in [0.25, 0.3) is 0 Å². The molecule has 0 aliphatic rings. The fraction of sp³-hybridized carbons (Fsp3) is 0.263. The molecule has 132 valence electrons. The number of aromatic nitrogens is 1. The van der Waals surface area contributed by atoms with Crippen molar-refractivity contribution in [3.63, 3.8) is 0 Å². The highest BCUT2D eigenvalue weighted by Crippen LogP contribution is 2.38. The number of rotatable bonds is 6. The van der Waals surface area contributed by atoms with Crippen LogP contribution in [0.4, 0.5) is 8.78 Å². The molecule has 0 atom stereocenters. The van der Waals surface area contributed by atoms with Gasteiger partial charge in [0, 0.05) is 21.5 Å². The van der Waals surface area contributed by atoms with Crippen molar-refractivity contribution >= 4 is 26.8 Å². The summed E-state index contributed by atoms with van der Waals surface area (Å²) in [5, 5.41) is 0.562. The summed E-state index contributed by atoms with van der Waals surface area (Å²) < 4.78 is 34.4. The molecule has 0 saturated carbocycles. The van der Waals surface area contributed by atoms with Gasteiger partial charge < -0.3 is 15.5 Å². The number of nitrogens with two attached hydrogens (primary N) is 1. The lowest BCUT2D eigenvalue weighted by molar-refractivity contribution is 0.416. The number of halogens is 3. The average molecular weight is 409 g/mol. The fourth-order valence-electron chi connectivity index (χ4n) is 3.09. The van der Waals surface area contributed by atoms with Gasteiger partial charge in [0.05, 0.1) is 18.3 Å². The highest BCUT2D eigenvalue weighted by molar-refractivity contribution is 9.10. The molecule has 3 aromatic rings. The van der Waals surface area contributed by atoms with E-state index in [-0.39, 0.29) is 0 Å². The van der Waals surface area contributed by atoms with Crippen LogP contribution in [0.3, 0.4) is 0 Å². The third-order valence-electron chi connectivity index (χ3n) is 4.24. The summed E-state index contributed by atoms with van der Waals surface area (Å²) in [4.78, 5) is 3.13. The summed E-state index contributed by atoms with van der Waals surface area (Å²) in [5.41, 5.74) is 8.32. The molecule has 1 heterocycles. The Kier molecular flexibility index (Phi) is 5.39. The number of unbranched alkanes of at least 4 members (excludes halogenated alkanes) is 1. The van der Waals surface area contributed by atoms with Crippen molar-refractivity contribution in [3.05, 3.63) is 52.0 Å². The molecule has 0 unspecified atom stereocenters. The van der Waals surface area contributed by atoms with Crippen LogP contribution in [0.15, 0.2) is 34.8 Å². The predicted octanol–water partition coefficient (Wildman–Crippen LogP) is 5.17. The number of ether oxygens (including phenoxy) is 1. The molecule has 0 spiro atoms. The van der Waals surface area contributed by atoms with Gasteiger partial charge in [0.15, 0.2) is 0 Å². The first-order valence-electron chi connectivity index (χ1n) is 8.08. The molecule has 0 bridgehead atoms. The molecular weight excluding hydrogens is 390 g/mol. The van der Waals surface area contributed by atoms with Crippen molar-refractivity contribution in [2.24, 2.45) is 5.73 Å². The van der Waals surface area contributed by atoms with Gasteiger partial charge in [-0.15, -0.1) is 0 Å².